The summed E-state index contributed by atoms with van der Waals surface area (Å²) in [5.41, 5.74) is 0.956. The summed E-state index contributed by atoms with van der Waals surface area (Å²) in [6, 6.07) is 20.2. The highest BCUT2D eigenvalue weighted by molar-refractivity contribution is 7.20. The summed E-state index contributed by atoms with van der Waals surface area (Å²) in [5, 5.41) is 10.9. The van der Waals surface area contributed by atoms with E-state index in [1.165, 1.54) is 16.0 Å². The largest absolute Gasteiger partial charge is 0.422 e. The van der Waals surface area contributed by atoms with Gasteiger partial charge in [-0.1, -0.05) is 59.3 Å². The maximum atomic E-state index is 13.2. The van der Waals surface area contributed by atoms with E-state index in [-0.39, 0.29) is 5.56 Å². The predicted octanol–water partition coefficient (Wildman–Crippen LogP) is 5.96. The van der Waals surface area contributed by atoms with Crippen LogP contribution in [0.1, 0.15) is 16.1 Å². The minimum Gasteiger partial charge on any atom is -0.422 e. The molecule has 0 atom stereocenters. The fourth-order valence-electron chi connectivity index (χ4n) is 3.94. The number of aromatic nitrogens is 3. The Morgan fingerprint density at radius 2 is 1.91 bits per heavy atom. The van der Waals surface area contributed by atoms with Crippen LogP contribution in [0.15, 0.2) is 75.9 Å². The van der Waals surface area contributed by atoms with Crippen molar-refractivity contribution in [2.45, 2.75) is 6.92 Å². The van der Waals surface area contributed by atoms with E-state index in [1.807, 2.05) is 49.4 Å². The molecule has 7 nitrogen and oxygen atoms in total. The number of aryl methyl sites for hydroxylation is 1. The number of hydrogen-bond acceptors (Lipinski definition) is 6. The zero-order valence-electron chi connectivity index (χ0n) is 17.7. The van der Waals surface area contributed by atoms with Gasteiger partial charge in [-0.15, -0.1) is 0 Å². The van der Waals surface area contributed by atoms with Crippen molar-refractivity contribution in [1.82, 2.24) is 14.8 Å². The molecule has 166 valence electrons. The van der Waals surface area contributed by atoms with Gasteiger partial charge in [0.25, 0.3) is 5.91 Å². The Morgan fingerprint density at radius 1 is 1.06 bits per heavy atom. The standard InChI is InChI=1S/C25H15ClN4O3S/c1-13-11-21(30(29-13)25-28-22-18(26)7-4-8-20(22)34-25)27-23(31)17-12-16-15-6-3-2-5-14(15)9-10-19(16)33-24(17)32/h2-12H,1H3,(H,27,31). The Labute approximate surface area is 201 Å². The van der Waals surface area contributed by atoms with Crippen LogP contribution in [0.4, 0.5) is 5.82 Å². The number of carbonyl (C=O) groups excluding carboxylic acids is 1. The van der Waals surface area contributed by atoms with Crippen molar-refractivity contribution in [3.05, 3.63) is 93.4 Å². The number of carbonyl (C=O) groups is 1. The lowest BCUT2D eigenvalue weighted by Crippen LogP contribution is -2.22. The molecule has 1 amide bonds. The van der Waals surface area contributed by atoms with Crippen LogP contribution < -0.4 is 10.9 Å². The molecule has 0 fully saturated rings. The fourth-order valence-corrected chi connectivity index (χ4v) is 5.17. The summed E-state index contributed by atoms with van der Waals surface area (Å²) >= 11 is 7.67. The molecule has 0 spiro atoms. The monoisotopic (exact) mass is 486 g/mol. The first-order valence-electron chi connectivity index (χ1n) is 10.4. The van der Waals surface area contributed by atoms with E-state index in [0.29, 0.717) is 38.2 Å². The molecule has 0 saturated heterocycles. The average Bonchev–Trinajstić information content (AvgIpc) is 3.42. The highest BCUT2D eigenvalue weighted by atomic mass is 35.5. The summed E-state index contributed by atoms with van der Waals surface area (Å²) < 4.78 is 7.90. The van der Waals surface area contributed by atoms with Crippen LogP contribution in [0.2, 0.25) is 5.02 Å². The molecule has 0 radical (unpaired) electrons. The Hall–Kier alpha value is -4.01. The molecule has 6 rings (SSSR count). The number of nitrogens with one attached hydrogen (secondary N) is 1. The first-order chi connectivity index (χ1) is 16.5. The molecule has 3 aromatic heterocycles. The number of halogens is 1. The molecule has 0 bridgehead atoms. The first kappa shape index (κ1) is 20.6. The number of nitrogens with zero attached hydrogens (tertiary/aromatic N) is 3. The second-order valence-corrected chi connectivity index (χ2v) is 9.18. The number of hydrogen-bond donors (Lipinski definition) is 1. The third kappa shape index (κ3) is 3.35. The summed E-state index contributed by atoms with van der Waals surface area (Å²) in [6.45, 7) is 1.81. The van der Waals surface area contributed by atoms with Crippen molar-refractivity contribution in [2.75, 3.05) is 5.32 Å². The molecule has 3 heterocycles. The molecule has 0 aliphatic rings. The quantitative estimate of drug-likeness (QED) is 0.246. The van der Waals surface area contributed by atoms with Gasteiger partial charge in [-0.3, -0.25) is 4.79 Å². The Morgan fingerprint density at radius 3 is 2.76 bits per heavy atom. The second kappa shape index (κ2) is 7.79. The minimum absolute atomic E-state index is 0.0957. The van der Waals surface area contributed by atoms with Gasteiger partial charge in [0.15, 0.2) is 0 Å². The molecule has 0 saturated carbocycles. The maximum absolute atomic E-state index is 13.2. The van der Waals surface area contributed by atoms with Crippen molar-refractivity contribution in [3.63, 3.8) is 0 Å². The van der Waals surface area contributed by atoms with Gasteiger partial charge >= 0.3 is 5.63 Å². The van der Waals surface area contributed by atoms with Crippen LogP contribution in [0.3, 0.4) is 0 Å². The van der Waals surface area contributed by atoms with Crippen LogP contribution >= 0.6 is 22.9 Å². The van der Waals surface area contributed by atoms with Crippen molar-refractivity contribution >= 4 is 66.6 Å². The van der Waals surface area contributed by atoms with Gasteiger partial charge in [-0.2, -0.15) is 9.78 Å². The van der Waals surface area contributed by atoms with Gasteiger partial charge in [0.2, 0.25) is 5.13 Å². The highest BCUT2D eigenvalue weighted by Gasteiger charge is 2.19. The van der Waals surface area contributed by atoms with Crippen molar-refractivity contribution in [2.24, 2.45) is 0 Å². The number of fused-ring (bicyclic) bond motifs is 4. The number of anilines is 1. The third-order valence-electron chi connectivity index (χ3n) is 5.50. The number of rotatable bonds is 3. The zero-order chi connectivity index (χ0) is 23.4. The molecule has 0 aliphatic heterocycles. The van der Waals surface area contributed by atoms with Gasteiger partial charge in [0, 0.05) is 11.5 Å². The van der Waals surface area contributed by atoms with E-state index >= 15 is 0 Å². The highest BCUT2D eigenvalue weighted by Crippen LogP contribution is 2.31. The lowest BCUT2D eigenvalue weighted by atomic mass is 10.0. The molecular weight excluding hydrogens is 472 g/mol. The zero-order valence-corrected chi connectivity index (χ0v) is 19.3. The SMILES string of the molecule is Cc1cc(NC(=O)c2cc3c(ccc4ccccc43)oc2=O)n(-c2nc3c(Cl)cccc3s2)n1. The summed E-state index contributed by atoms with van der Waals surface area (Å²) in [6.07, 6.45) is 0. The molecule has 1 N–H and O–H groups in total. The van der Waals surface area contributed by atoms with Crippen LogP contribution in [0.25, 0.3) is 37.1 Å². The fraction of sp³-hybridized carbons (Fsp3) is 0.0400. The van der Waals surface area contributed by atoms with E-state index in [4.69, 9.17) is 16.0 Å². The van der Waals surface area contributed by atoms with Crippen molar-refractivity contribution in [3.8, 4) is 5.13 Å². The normalized spacial score (nSPS) is 11.5. The van der Waals surface area contributed by atoms with Crippen LogP contribution in [-0.2, 0) is 0 Å². The average molecular weight is 487 g/mol. The van der Waals surface area contributed by atoms with Crippen molar-refractivity contribution in [1.29, 1.82) is 0 Å². The van der Waals surface area contributed by atoms with Gasteiger partial charge in [0.05, 0.1) is 15.4 Å². The molecule has 0 unspecified atom stereocenters. The maximum Gasteiger partial charge on any atom is 0.349 e. The number of para-hydroxylation sites is 1. The number of benzene rings is 3. The lowest BCUT2D eigenvalue weighted by molar-refractivity contribution is 0.102. The molecular formula is C25H15ClN4O3S. The Kier molecular flexibility index (Phi) is 4.72. The summed E-state index contributed by atoms with van der Waals surface area (Å²) in [5.74, 6) is -0.209. The molecule has 3 aromatic carbocycles. The van der Waals surface area contributed by atoms with Gasteiger partial charge in [-0.25, -0.2) is 9.78 Å². The van der Waals surface area contributed by atoms with Crippen LogP contribution in [-0.4, -0.2) is 20.7 Å². The van der Waals surface area contributed by atoms with Gasteiger partial charge < -0.3 is 9.73 Å². The second-order valence-electron chi connectivity index (χ2n) is 7.77. The van der Waals surface area contributed by atoms with Crippen LogP contribution in [0, 0.1) is 6.92 Å². The Bertz CT molecular complexity index is 1820. The summed E-state index contributed by atoms with van der Waals surface area (Å²) in [4.78, 5) is 30.4. The third-order valence-corrected chi connectivity index (χ3v) is 6.80. The minimum atomic E-state index is -0.713. The summed E-state index contributed by atoms with van der Waals surface area (Å²) in [7, 11) is 0. The van der Waals surface area contributed by atoms with E-state index in [2.05, 4.69) is 15.4 Å². The lowest BCUT2D eigenvalue weighted by Gasteiger charge is -2.07. The van der Waals surface area contributed by atoms with Gasteiger partial charge in [0.1, 0.15) is 22.5 Å². The van der Waals surface area contributed by atoms with E-state index in [1.54, 1.807) is 24.3 Å². The van der Waals surface area contributed by atoms with E-state index < -0.39 is 11.5 Å². The number of amides is 1. The van der Waals surface area contributed by atoms with E-state index in [0.717, 1.165) is 15.5 Å². The smallest absolute Gasteiger partial charge is 0.349 e. The topological polar surface area (TPSA) is 90.0 Å². The molecule has 6 aromatic rings. The Balaban J connectivity index is 1.42. The van der Waals surface area contributed by atoms with E-state index in [9.17, 15) is 9.59 Å². The molecule has 34 heavy (non-hydrogen) atoms. The van der Waals surface area contributed by atoms with Gasteiger partial charge in [-0.05, 0) is 42.0 Å². The predicted molar refractivity (Wildman–Crippen MR) is 134 cm³/mol. The first-order valence-corrected chi connectivity index (χ1v) is 11.6. The number of thiazole rings is 1. The van der Waals surface area contributed by atoms with Crippen molar-refractivity contribution < 1.29 is 9.21 Å². The molecule has 9 heteroatoms. The molecule has 0 aliphatic carbocycles. The van der Waals surface area contributed by atoms with Crippen LogP contribution in [0.5, 0.6) is 0 Å².